The molecule has 1 aliphatic rings. The lowest BCUT2D eigenvalue weighted by Crippen LogP contribution is -2.23. The van der Waals surface area contributed by atoms with Crippen molar-refractivity contribution in [2.45, 2.75) is 0 Å². The van der Waals surface area contributed by atoms with Crippen molar-refractivity contribution < 1.29 is 19.8 Å². The largest absolute Gasteiger partial charge is 0.504 e. The van der Waals surface area contributed by atoms with E-state index < -0.39 is 23.1 Å². The van der Waals surface area contributed by atoms with Crippen molar-refractivity contribution in [1.29, 1.82) is 0 Å². The summed E-state index contributed by atoms with van der Waals surface area (Å²) in [6.07, 6.45) is 0. The first-order valence-corrected chi connectivity index (χ1v) is 9.99. The van der Waals surface area contributed by atoms with E-state index in [1.54, 1.807) is 12.1 Å². The van der Waals surface area contributed by atoms with Crippen LogP contribution in [0.5, 0.6) is 11.5 Å². The second-order valence-electron chi connectivity index (χ2n) is 7.44. The predicted octanol–water partition coefficient (Wildman–Crippen LogP) is 5.36. The highest BCUT2D eigenvalue weighted by Crippen LogP contribution is 2.41. The fourth-order valence-corrected chi connectivity index (χ4v) is 3.86. The van der Waals surface area contributed by atoms with E-state index >= 15 is 0 Å². The first-order chi connectivity index (χ1) is 15.5. The Morgan fingerprint density at radius 1 is 0.531 bits per heavy atom. The maximum absolute atomic E-state index is 13.5. The number of carbonyl (C=O) groups is 2. The maximum Gasteiger partial charge on any atom is 0.196 e. The normalized spacial score (nSPS) is 12.1. The second kappa shape index (κ2) is 7.59. The van der Waals surface area contributed by atoms with E-state index in [9.17, 15) is 19.8 Å². The molecule has 0 saturated heterocycles. The first-order valence-electron chi connectivity index (χ1n) is 9.99. The number of phenols is 2. The van der Waals surface area contributed by atoms with Crippen molar-refractivity contribution in [1.82, 2.24) is 0 Å². The summed E-state index contributed by atoms with van der Waals surface area (Å²) in [6, 6.07) is 24.4. The molecule has 0 heterocycles. The quantitative estimate of drug-likeness (QED) is 0.291. The summed E-state index contributed by atoms with van der Waals surface area (Å²) >= 11 is 0. The number of ketones is 2. The Kier molecular flexibility index (Phi) is 4.60. The number of hydrogen-bond acceptors (Lipinski definition) is 6. The van der Waals surface area contributed by atoms with Gasteiger partial charge in [0.1, 0.15) is 0 Å². The standard InChI is InChI=1S/C26H18N2O4/c29-21-13-17-18(14-22(21)30)26(32)24-20(28-16-9-5-2-6-10-16)12-11-19(23(24)25(17)31)27-15-7-3-1-4-8-15/h1-14,27-30H. The monoisotopic (exact) mass is 422 g/mol. The van der Waals surface area contributed by atoms with Crippen LogP contribution in [0.1, 0.15) is 31.8 Å². The van der Waals surface area contributed by atoms with Crippen molar-refractivity contribution in [2.75, 3.05) is 10.6 Å². The van der Waals surface area contributed by atoms with Crippen LogP contribution in [0, 0.1) is 0 Å². The predicted molar refractivity (Wildman–Crippen MR) is 123 cm³/mol. The summed E-state index contributed by atoms with van der Waals surface area (Å²) in [7, 11) is 0. The van der Waals surface area contributed by atoms with Gasteiger partial charge in [-0.15, -0.1) is 0 Å². The minimum atomic E-state index is -0.454. The Balaban J connectivity index is 1.71. The van der Waals surface area contributed by atoms with Gasteiger partial charge in [0.25, 0.3) is 0 Å². The average molecular weight is 422 g/mol. The van der Waals surface area contributed by atoms with Gasteiger partial charge in [-0.2, -0.15) is 0 Å². The van der Waals surface area contributed by atoms with E-state index in [2.05, 4.69) is 10.6 Å². The van der Waals surface area contributed by atoms with Crippen LogP contribution in [-0.4, -0.2) is 21.8 Å². The third kappa shape index (κ3) is 3.24. The Hall–Kier alpha value is -4.58. The van der Waals surface area contributed by atoms with Gasteiger partial charge in [0, 0.05) is 22.5 Å². The molecule has 32 heavy (non-hydrogen) atoms. The average Bonchev–Trinajstić information content (AvgIpc) is 2.81. The number of hydrogen-bond donors (Lipinski definition) is 4. The summed E-state index contributed by atoms with van der Waals surface area (Å²) in [5.74, 6) is -1.74. The summed E-state index contributed by atoms with van der Waals surface area (Å²) in [5, 5.41) is 26.3. The highest BCUT2D eigenvalue weighted by atomic mass is 16.3. The molecule has 0 aromatic heterocycles. The summed E-state index contributed by atoms with van der Waals surface area (Å²) in [5.41, 5.74) is 2.98. The van der Waals surface area contributed by atoms with E-state index in [0.29, 0.717) is 11.4 Å². The van der Waals surface area contributed by atoms with Crippen LogP contribution >= 0.6 is 0 Å². The minimum Gasteiger partial charge on any atom is -0.504 e. The number of para-hydroxylation sites is 2. The molecule has 0 radical (unpaired) electrons. The van der Waals surface area contributed by atoms with Gasteiger partial charge in [-0.05, 0) is 48.5 Å². The van der Waals surface area contributed by atoms with Crippen LogP contribution in [0.4, 0.5) is 22.7 Å². The fraction of sp³-hybridized carbons (Fsp3) is 0. The minimum absolute atomic E-state index is 0.0470. The molecule has 0 unspecified atom stereocenters. The molecule has 4 aromatic rings. The molecule has 0 atom stereocenters. The van der Waals surface area contributed by atoms with Gasteiger partial charge in [0.2, 0.25) is 0 Å². The van der Waals surface area contributed by atoms with Gasteiger partial charge in [0.15, 0.2) is 23.1 Å². The Morgan fingerprint density at radius 3 is 1.28 bits per heavy atom. The molecule has 0 bridgehead atoms. The first kappa shape index (κ1) is 19.4. The molecule has 4 N–H and O–H groups in total. The number of carbonyl (C=O) groups excluding carboxylic acids is 2. The number of fused-ring (bicyclic) bond motifs is 2. The Labute approximate surface area is 183 Å². The number of aromatic hydroxyl groups is 2. The molecule has 1 aliphatic carbocycles. The highest BCUT2D eigenvalue weighted by Gasteiger charge is 2.35. The molecule has 4 aromatic carbocycles. The van der Waals surface area contributed by atoms with E-state index in [4.69, 9.17) is 0 Å². The van der Waals surface area contributed by atoms with Crippen molar-refractivity contribution >= 4 is 34.3 Å². The van der Waals surface area contributed by atoms with E-state index in [0.717, 1.165) is 23.5 Å². The Morgan fingerprint density at radius 2 is 0.906 bits per heavy atom. The topological polar surface area (TPSA) is 98.7 Å². The van der Waals surface area contributed by atoms with Gasteiger partial charge in [-0.3, -0.25) is 9.59 Å². The number of benzene rings is 4. The summed E-state index contributed by atoms with van der Waals surface area (Å²) < 4.78 is 0. The molecule has 0 spiro atoms. The fourth-order valence-electron chi connectivity index (χ4n) is 3.86. The molecule has 0 saturated carbocycles. The third-order valence-corrected chi connectivity index (χ3v) is 5.37. The van der Waals surface area contributed by atoms with Gasteiger partial charge in [0.05, 0.1) is 22.5 Å². The zero-order valence-electron chi connectivity index (χ0n) is 16.8. The van der Waals surface area contributed by atoms with E-state index in [1.807, 2.05) is 60.7 Å². The SMILES string of the molecule is O=C1c2cc(O)c(O)cc2C(=O)c2c(Nc3ccccc3)ccc(Nc3ccccc3)c21. The van der Waals surface area contributed by atoms with Crippen molar-refractivity contribution in [2.24, 2.45) is 0 Å². The van der Waals surface area contributed by atoms with E-state index in [1.165, 1.54) is 0 Å². The van der Waals surface area contributed by atoms with Crippen molar-refractivity contribution in [3.63, 3.8) is 0 Å². The molecular formula is C26H18N2O4. The van der Waals surface area contributed by atoms with Gasteiger partial charge in [-0.25, -0.2) is 0 Å². The molecule has 156 valence electrons. The molecule has 0 fully saturated rings. The molecular weight excluding hydrogens is 404 g/mol. The summed E-state index contributed by atoms with van der Waals surface area (Å²) in [4.78, 5) is 27.0. The summed E-state index contributed by atoms with van der Waals surface area (Å²) in [6.45, 7) is 0. The number of anilines is 4. The van der Waals surface area contributed by atoms with Crippen molar-refractivity contribution in [3.8, 4) is 11.5 Å². The van der Waals surface area contributed by atoms with Crippen LogP contribution < -0.4 is 10.6 Å². The van der Waals surface area contributed by atoms with Crippen molar-refractivity contribution in [3.05, 3.63) is 107 Å². The Bertz CT molecular complexity index is 1260. The molecule has 5 rings (SSSR count). The lowest BCUT2D eigenvalue weighted by molar-refractivity contribution is 0.0979. The van der Waals surface area contributed by atoms with Gasteiger partial charge >= 0.3 is 0 Å². The zero-order valence-corrected chi connectivity index (χ0v) is 16.8. The van der Waals surface area contributed by atoms with Crippen LogP contribution in [0.15, 0.2) is 84.9 Å². The van der Waals surface area contributed by atoms with E-state index in [-0.39, 0.29) is 22.3 Å². The van der Waals surface area contributed by atoms with Gasteiger partial charge in [-0.1, -0.05) is 36.4 Å². The highest BCUT2D eigenvalue weighted by molar-refractivity contribution is 6.32. The molecule has 6 nitrogen and oxygen atoms in total. The molecule has 0 aliphatic heterocycles. The number of rotatable bonds is 4. The lowest BCUT2D eigenvalue weighted by Gasteiger charge is -2.24. The zero-order chi connectivity index (χ0) is 22.2. The second-order valence-corrected chi connectivity index (χ2v) is 7.44. The lowest BCUT2D eigenvalue weighted by atomic mass is 9.81. The van der Waals surface area contributed by atoms with Gasteiger partial charge < -0.3 is 20.8 Å². The third-order valence-electron chi connectivity index (χ3n) is 5.37. The maximum atomic E-state index is 13.5. The number of phenolic OH excluding ortho intramolecular Hbond substituents is 2. The van der Waals surface area contributed by atoms with Crippen LogP contribution in [-0.2, 0) is 0 Å². The van der Waals surface area contributed by atoms with Crippen LogP contribution in [0.3, 0.4) is 0 Å². The molecule has 0 amide bonds. The van der Waals surface area contributed by atoms with Crippen LogP contribution in [0.25, 0.3) is 0 Å². The number of nitrogens with one attached hydrogen (secondary N) is 2. The molecule has 6 heteroatoms. The smallest absolute Gasteiger partial charge is 0.196 e. The van der Waals surface area contributed by atoms with Crippen LogP contribution in [0.2, 0.25) is 0 Å².